The molecule has 0 amide bonds. The minimum Gasteiger partial charge on any atom is -0.493 e. The van der Waals surface area contributed by atoms with Crippen molar-refractivity contribution in [3.63, 3.8) is 0 Å². The number of halogens is 1. The van der Waals surface area contributed by atoms with Gasteiger partial charge in [-0.25, -0.2) is 4.99 Å². The highest BCUT2D eigenvalue weighted by Crippen LogP contribution is 2.43. The van der Waals surface area contributed by atoms with Crippen LogP contribution in [0.4, 0.5) is 5.69 Å². The van der Waals surface area contributed by atoms with Crippen molar-refractivity contribution in [3.05, 3.63) is 58.0 Å². The third-order valence-corrected chi connectivity index (χ3v) is 5.21. The molecule has 0 spiro atoms. The number of hydrogen-bond acceptors (Lipinski definition) is 7. The van der Waals surface area contributed by atoms with Crippen LogP contribution in [0.5, 0.6) is 17.2 Å². The van der Waals surface area contributed by atoms with Crippen molar-refractivity contribution in [2.75, 3.05) is 19.1 Å². The van der Waals surface area contributed by atoms with Crippen molar-refractivity contribution >= 4 is 27.5 Å². The topological polar surface area (TPSA) is 93.1 Å². The molecule has 8 heteroatoms. The molecule has 28 heavy (non-hydrogen) atoms. The molecule has 2 aromatic carbocycles. The lowest BCUT2D eigenvalue weighted by Gasteiger charge is -2.37. The Morgan fingerprint density at radius 3 is 2.79 bits per heavy atom. The summed E-state index contributed by atoms with van der Waals surface area (Å²) in [6, 6.07) is 12.7. The maximum Gasteiger partial charge on any atom is 0.224 e. The third-order valence-electron chi connectivity index (χ3n) is 4.62. The quantitative estimate of drug-likeness (QED) is 0.786. The van der Waals surface area contributed by atoms with Gasteiger partial charge in [0.2, 0.25) is 5.88 Å². The van der Waals surface area contributed by atoms with Crippen LogP contribution < -0.4 is 24.8 Å². The van der Waals surface area contributed by atoms with Gasteiger partial charge in [-0.15, -0.1) is 0 Å². The van der Waals surface area contributed by atoms with Crippen LogP contribution in [0, 0.1) is 11.3 Å². The SMILES string of the molecule is COc1cc(N2C3=C(Cc4ccccc4O3)N=C(N)C2C#N)cc(Br)c1OC. The molecule has 0 radical (unpaired) electrons. The van der Waals surface area contributed by atoms with Gasteiger partial charge in [-0.1, -0.05) is 18.2 Å². The first kappa shape index (κ1) is 18.2. The van der Waals surface area contributed by atoms with Gasteiger partial charge >= 0.3 is 0 Å². The van der Waals surface area contributed by atoms with Crippen molar-refractivity contribution in [2.45, 2.75) is 12.5 Å². The first-order valence-electron chi connectivity index (χ1n) is 8.50. The maximum atomic E-state index is 9.78. The summed E-state index contributed by atoms with van der Waals surface area (Å²) in [4.78, 5) is 6.18. The minimum atomic E-state index is -0.811. The molecule has 7 nitrogen and oxygen atoms in total. The summed E-state index contributed by atoms with van der Waals surface area (Å²) in [5.41, 5.74) is 8.49. The monoisotopic (exact) mass is 440 g/mol. The van der Waals surface area contributed by atoms with Crippen LogP contribution in [0.1, 0.15) is 5.56 Å². The number of anilines is 1. The maximum absolute atomic E-state index is 9.78. The molecule has 1 unspecified atom stereocenters. The molecule has 4 rings (SSSR count). The molecule has 2 aromatic rings. The Kier molecular flexibility index (Phi) is 4.61. The lowest BCUT2D eigenvalue weighted by atomic mass is 10.0. The molecule has 142 valence electrons. The Hall–Kier alpha value is -3.18. The van der Waals surface area contributed by atoms with Gasteiger partial charge in [0, 0.05) is 18.1 Å². The summed E-state index contributed by atoms with van der Waals surface area (Å²) < 4.78 is 17.7. The first-order chi connectivity index (χ1) is 13.6. The van der Waals surface area contributed by atoms with Gasteiger partial charge in [0.25, 0.3) is 0 Å². The lowest BCUT2D eigenvalue weighted by Crippen LogP contribution is -2.48. The molecule has 2 aliphatic rings. The predicted octanol–water partition coefficient (Wildman–Crippen LogP) is 3.34. The number of fused-ring (bicyclic) bond motifs is 1. The zero-order chi connectivity index (χ0) is 19.8. The number of aliphatic imine (C=N–C) groups is 1. The van der Waals surface area contributed by atoms with Crippen molar-refractivity contribution in [2.24, 2.45) is 10.7 Å². The summed E-state index contributed by atoms with van der Waals surface area (Å²) in [5, 5.41) is 9.78. The molecule has 0 aliphatic carbocycles. The Balaban J connectivity index is 1.87. The largest absolute Gasteiger partial charge is 0.493 e. The van der Waals surface area contributed by atoms with Crippen molar-refractivity contribution in [1.82, 2.24) is 0 Å². The van der Waals surface area contributed by atoms with Crippen molar-refractivity contribution in [3.8, 4) is 23.3 Å². The van der Waals surface area contributed by atoms with Gasteiger partial charge in [0.05, 0.1) is 30.4 Å². The number of para-hydroxylation sites is 1. The zero-order valence-electron chi connectivity index (χ0n) is 15.3. The number of nitriles is 1. The number of benzene rings is 2. The summed E-state index contributed by atoms with van der Waals surface area (Å²) in [7, 11) is 3.12. The fourth-order valence-electron chi connectivity index (χ4n) is 3.34. The van der Waals surface area contributed by atoms with Crippen LogP contribution in [-0.4, -0.2) is 26.1 Å². The first-order valence-corrected chi connectivity index (χ1v) is 9.30. The van der Waals surface area contributed by atoms with Crippen LogP contribution in [-0.2, 0) is 6.42 Å². The van der Waals surface area contributed by atoms with E-state index in [0.29, 0.717) is 39.7 Å². The van der Waals surface area contributed by atoms with Crippen molar-refractivity contribution < 1.29 is 14.2 Å². The summed E-state index contributed by atoms with van der Waals surface area (Å²) in [6.45, 7) is 0. The van der Waals surface area contributed by atoms with Crippen LogP contribution >= 0.6 is 15.9 Å². The van der Waals surface area contributed by atoms with E-state index in [2.05, 4.69) is 27.0 Å². The van der Waals surface area contributed by atoms with Gasteiger partial charge in [-0.05, 0) is 28.1 Å². The minimum absolute atomic E-state index is 0.218. The number of nitrogens with zero attached hydrogens (tertiary/aromatic N) is 3. The molecule has 0 fully saturated rings. The second kappa shape index (κ2) is 7.09. The molecule has 2 heterocycles. The van der Waals surface area contributed by atoms with E-state index in [1.165, 1.54) is 0 Å². The zero-order valence-corrected chi connectivity index (χ0v) is 16.9. The Bertz CT molecular complexity index is 1060. The van der Waals surface area contributed by atoms with Gasteiger partial charge < -0.3 is 19.9 Å². The molecule has 0 saturated heterocycles. The highest BCUT2D eigenvalue weighted by atomic mass is 79.9. The number of allylic oxidation sites excluding steroid dienone is 1. The average molecular weight is 441 g/mol. The molecule has 0 aromatic heterocycles. The highest BCUT2D eigenvalue weighted by molar-refractivity contribution is 9.10. The molecule has 0 bridgehead atoms. The van der Waals surface area contributed by atoms with E-state index in [-0.39, 0.29) is 5.84 Å². The van der Waals surface area contributed by atoms with Crippen LogP contribution in [0.15, 0.2) is 57.4 Å². The smallest absolute Gasteiger partial charge is 0.224 e. The summed E-state index contributed by atoms with van der Waals surface area (Å²) in [6.07, 6.45) is 0.565. The number of hydrogen-bond donors (Lipinski definition) is 1. The fraction of sp³-hybridized carbons (Fsp3) is 0.200. The Morgan fingerprint density at radius 2 is 2.07 bits per heavy atom. The van der Waals surface area contributed by atoms with Gasteiger partial charge in [-0.2, -0.15) is 5.26 Å². The molecule has 2 aliphatic heterocycles. The predicted molar refractivity (Wildman–Crippen MR) is 109 cm³/mol. The van der Waals surface area contributed by atoms with E-state index >= 15 is 0 Å². The second-order valence-electron chi connectivity index (χ2n) is 6.24. The van der Waals surface area contributed by atoms with E-state index < -0.39 is 6.04 Å². The number of amidine groups is 1. The second-order valence-corrected chi connectivity index (χ2v) is 7.09. The van der Waals surface area contributed by atoms with Crippen molar-refractivity contribution in [1.29, 1.82) is 5.26 Å². The number of rotatable bonds is 3. The standard InChI is InChI=1S/C20H17BrN4O3/c1-26-17-9-12(8-13(21)18(17)27-2)25-15(10-22)19(23)24-14-7-11-5-3-4-6-16(11)28-20(14)25/h3-6,8-9,15H,7H2,1-2H3,(H2,23,24). The normalized spacial score (nSPS) is 17.7. The van der Waals surface area contributed by atoms with Gasteiger partial charge in [0.1, 0.15) is 17.3 Å². The van der Waals surface area contributed by atoms with E-state index in [9.17, 15) is 5.26 Å². The lowest BCUT2D eigenvalue weighted by molar-refractivity contribution is 0.352. The van der Waals surface area contributed by atoms with E-state index in [1.807, 2.05) is 30.3 Å². The highest BCUT2D eigenvalue weighted by Gasteiger charge is 2.37. The molecule has 1 atom stereocenters. The van der Waals surface area contributed by atoms with Gasteiger partial charge in [-0.3, -0.25) is 4.90 Å². The van der Waals surface area contributed by atoms with E-state index in [0.717, 1.165) is 11.3 Å². The number of ether oxygens (including phenoxy) is 3. The summed E-state index contributed by atoms with van der Waals surface area (Å²) >= 11 is 3.50. The summed E-state index contributed by atoms with van der Waals surface area (Å²) in [5.74, 6) is 2.51. The van der Waals surface area contributed by atoms with Crippen LogP contribution in [0.3, 0.4) is 0 Å². The Morgan fingerprint density at radius 1 is 1.29 bits per heavy atom. The molecule has 2 N–H and O–H groups in total. The van der Waals surface area contributed by atoms with Gasteiger partial charge in [0.15, 0.2) is 17.5 Å². The Labute approximate surface area is 170 Å². The number of methoxy groups -OCH3 is 2. The van der Waals surface area contributed by atoms with E-state index in [4.69, 9.17) is 19.9 Å². The van der Waals surface area contributed by atoms with Crippen LogP contribution in [0.25, 0.3) is 0 Å². The molecule has 0 saturated carbocycles. The third kappa shape index (κ3) is 2.84. The molecular weight excluding hydrogens is 424 g/mol. The van der Waals surface area contributed by atoms with Crippen LogP contribution in [0.2, 0.25) is 0 Å². The molecular formula is C20H17BrN4O3. The number of nitrogens with two attached hydrogens (primary N) is 1. The van der Waals surface area contributed by atoms with E-state index in [1.54, 1.807) is 25.2 Å². The average Bonchev–Trinajstić information content (AvgIpc) is 2.70. The fourth-order valence-corrected chi connectivity index (χ4v) is 3.94.